The summed E-state index contributed by atoms with van der Waals surface area (Å²) in [5.41, 5.74) is 0.618. The highest BCUT2D eigenvalue weighted by molar-refractivity contribution is 9.10. The highest BCUT2D eigenvalue weighted by atomic mass is 79.9. The van der Waals surface area contributed by atoms with Crippen molar-refractivity contribution >= 4 is 33.7 Å². The van der Waals surface area contributed by atoms with Crippen molar-refractivity contribution < 1.29 is 19.1 Å². The van der Waals surface area contributed by atoms with Crippen molar-refractivity contribution in [2.24, 2.45) is 0 Å². The number of nitrogens with zero attached hydrogens (tertiary/aromatic N) is 2. The maximum atomic E-state index is 12.2. The molecule has 1 aromatic carbocycles. The van der Waals surface area contributed by atoms with Crippen LogP contribution in [0.1, 0.15) is 28.8 Å². The zero-order chi connectivity index (χ0) is 17.7. The molecule has 126 valence electrons. The van der Waals surface area contributed by atoms with Crippen LogP contribution in [0, 0.1) is 11.3 Å². The highest BCUT2D eigenvalue weighted by Gasteiger charge is 2.34. The maximum Gasteiger partial charge on any atom is 0.328 e. The number of nitrogens with one attached hydrogen (secondary N) is 1. The summed E-state index contributed by atoms with van der Waals surface area (Å²) in [5.74, 6) is -1.24. The SMILES string of the molecule is COC(=O)C1CCCN1C(=O)CNC(=O)c1ccc(Br)c(C#N)c1. The molecule has 0 aromatic heterocycles. The highest BCUT2D eigenvalue weighted by Crippen LogP contribution is 2.19. The van der Waals surface area contributed by atoms with Crippen molar-refractivity contribution in [3.05, 3.63) is 33.8 Å². The Balaban J connectivity index is 1.97. The van der Waals surface area contributed by atoms with E-state index in [4.69, 9.17) is 10.00 Å². The van der Waals surface area contributed by atoms with Crippen molar-refractivity contribution in [2.75, 3.05) is 20.2 Å². The number of benzene rings is 1. The van der Waals surface area contributed by atoms with E-state index in [0.717, 1.165) is 6.42 Å². The molecule has 1 unspecified atom stereocenters. The fourth-order valence-corrected chi connectivity index (χ4v) is 2.89. The lowest BCUT2D eigenvalue weighted by Crippen LogP contribution is -2.45. The molecule has 0 spiro atoms. The summed E-state index contributed by atoms with van der Waals surface area (Å²) in [6, 6.07) is 5.98. The number of hydrogen-bond acceptors (Lipinski definition) is 5. The van der Waals surface area contributed by atoms with Gasteiger partial charge in [0.2, 0.25) is 5.91 Å². The number of esters is 1. The van der Waals surface area contributed by atoms with Crippen LogP contribution in [-0.2, 0) is 14.3 Å². The van der Waals surface area contributed by atoms with E-state index in [2.05, 4.69) is 21.2 Å². The van der Waals surface area contributed by atoms with Gasteiger partial charge >= 0.3 is 5.97 Å². The minimum atomic E-state index is -0.586. The molecule has 0 aliphatic carbocycles. The monoisotopic (exact) mass is 393 g/mol. The molecule has 1 saturated heterocycles. The van der Waals surface area contributed by atoms with Crippen LogP contribution < -0.4 is 5.32 Å². The first-order chi connectivity index (χ1) is 11.5. The van der Waals surface area contributed by atoms with Gasteiger partial charge in [-0.2, -0.15) is 5.26 Å². The van der Waals surface area contributed by atoms with Gasteiger partial charge in [-0.25, -0.2) is 4.79 Å². The van der Waals surface area contributed by atoms with Crippen molar-refractivity contribution in [3.63, 3.8) is 0 Å². The molecule has 24 heavy (non-hydrogen) atoms. The second kappa shape index (κ2) is 7.93. The van der Waals surface area contributed by atoms with Crippen molar-refractivity contribution in [1.82, 2.24) is 10.2 Å². The smallest absolute Gasteiger partial charge is 0.328 e. The van der Waals surface area contributed by atoms with E-state index in [1.165, 1.54) is 18.1 Å². The van der Waals surface area contributed by atoms with Gasteiger partial charge in [0.1, 0.15) is 12.1 Å². The molecule has 0 saturated carbocycles. The molecule has 1 aliphatic rings. The van der Waals surface area contributed by atoms with E-state index in [9.17, 15) is 14.4 Å². The molecule has 1 N–H and O–H groups in total. The number of methoxy groups -OCH3 is 1. The Morgan fingerprint density at radius 3 is 2.88 bits per heavy atom. The van der Waals surface area contributed by atoms with Gasteiger partial charge in [0.15, 0.2) is 0 Å². The first-order valence-electron chi connectivity index (χ1n) is 7.33. The Morgan fingerprint density at radius 1 is 1.46 bits per heavy atom. The van der Waals surface area contributed by atoms with Crippen LogP contribution in [0.4, 0.5) is 0 Å². The molecular formula is C16H16BrN3O4. The number of amides is 2. The lowest BCUT2D eigenvalue weighted by molar-refractivity contribution is -0.150. The number of nitriles is 1. The van der Waals surface area contributed by atoms with Crippen LogP contribution in [0.5, 0.6) is 0 Å². The molecule has 8 heteroatoms. The molecule has 2 rings (SSSR count). The third-order valence-corrected chi connectivity index (χ3v) is 4.49. The molecule has 0 radical (unpaired) electrons. The molecule has 1 aromatic rings. The number of carbonyl (C=O) groups excluding carboxylic acids is 3. The molecule has 1 fully saturated rings. The average molecular weight is 394 g/mol. The van der Waals surface area contributed by atoms with Crippen LogP contribution in [0.3, 0.4) is 0 Å². The lowest BCUT2D eigenvalue weighted by atomic mass is 10.1. The third kappa shape index (κ3) is 3.92. The van der Waals surface area contributed by atoms with Gasteiger partial charge in [0.05, 0.1) is 19.2 Å². The number of likely N-dealkylation sites (tertiary alicyclic amines) is 1. The minimum Gasteiger partial charge on any atom is -0.467 e. The first-order valence-corrected chi connectivity index (χ1v) is 8.12. The first kappa shape index (κ1) is 17.9. The molecule has 0 bridgehead atoms. The molecule has 7 nitrogen and oxygen atoms in total. The summed E-state index contributed by atoms with van der Waals surface area (Å²) >= 11 is 3.21. The molecule has 1 heterocycles. The molecule has 1 aliphatic heterocycles. The number of rotatable bonds is 4. The number of halogens is 1. The van der Waals surface area contributed by atoms with Crippen LogP contribution in [0.25, 0.3) is 0 Å². The predicted molar refractivity (Wildman–Crippen MR) is 87.9 cm³/mol. The van der Waals surface area contributed by atoms with Crippen LogP contribution in [0.15, 0.2) is 22.7 Å². The zero-order valence-corrected chi connectivity index (χ0v) is 14.6. The van der Waals surface area contributed by atoms with Gasteiger partial charge in [0, 0.05) is 16.6 Å². The minimum absolute atomic E-state index is 0.218. The largest absolute Gasteiger partial charge is 0.467 e. The Bertz CT molecular complexity index is 714. The van der Waals surface area contributed by atoms with E-state index < -0.39 is 17.9 Å². The van der Waals surface area contributed by atoms with Crippen LogP contribution >= 0.6 is 15.9 Å². The van der Waals surface area contributed by atoms with Crippen LogP contribution in [-0.4, -0.2) is 48.9 Å². The van der Waals surface area contributed by atoms with Gasteiger partial charge in [0.25, 0.3) is 5.91 Å². The van der Waals surface area contributed by atoms with Gasteiger partial charge in [-0.15, -0.1) is 0 Å². The topological polar surface area (TPSA) is 99.5 Å². The fraction of sp³-hybridized carbons (Fsp3) is 0.375. The van der Waals surface area contributed by atoms with Gasteiger partial charge in [-0.1, -0.05) is 0 Å². The summed E-state index contributed by atoms with van der Waals surface area (Å²) in [4.78, 5) is 37.4. The Labute approximate surface area is 147 Å². The quantitative estimate of drug-likeness (QED) is 0.775. The van der Waals surface area contributed by atoms with E-state index in [0.29, 0.717) is 23.0 Å². The average Bonchev–Trinajstić information content (AvgIpc) is 3.08. The molecule has 2 amide bonds. The van der Waals surface area contributed by atoms with Crippen molar-refractivity contribution in [1.29, 1.82) is 5.26 Å². The van der Waals surface area contributed by atoms with Gasteiger partial charge in [-0.05, 0) is 47.0 Å². The van der Waals surface area contributed by atoms with E-state index in [-0.39, 0.29) is 18.0 Å². The Hall–Kier alpha value is -2.40. The second-order valence-electron chi connectivity index (χ2n) is 5.26. The normalized spacial score (nSPS) is 16.4. The van der Waals surface area contributed by atoms with E-state index in [1.54, 1.807) is 12.1 Å². The fourth-order valence-electron chi connectivity index (χ4n) is 2.56. The summed E-state index contributed by atoms with van der Waals surface area (Å²) in [5, 5.41) is 11.5. The number of carbonyl (C=O) groups is 3. The third-order valence-electron chi connectivity index (χ3n) is 3.80. The summed E-state index contributed by atoms with van der Waals surface area (Å²) in [7, 11) is 1.28. The summed E-state index contributed by atoms with van der Waals surface area (Å²) in [6.07, 6.45) is 1.28. The van der Waals surface area contributed by atoms with Crippen molar-refractivity contribution in [3.8, 4) is 6.07 Å². The molecule has 1 atom stereocenters. The lowest BCUT2D eigenvalue weighted by Gasteiger charge is -2.22. The van der Waals surface area contributed by atoms with Gasteiger partial charge in [-0.3, -0.25) is 9.59 Å². The standard InChI is InChI=1S/C16H16BrN3O4/c1-24-16(23)13-3-2-6-20(13)14(21)9-19-15(22)10-4-5-12(17)11(7-10)8-18/h4-5,7,13H,2-3,6,9H2,1H3,(H,19,22). The predicted octanol–water partition coefficient (Wildman–Crippen LogP) is 1.21. The van der Waals surface area contributed by atoms with Crippen molar-refractivity contribution in [2.45, 2.75) is 18.9 Å². The number of ether oxygens (including phenoxy) is 1. The molecular weight excluding hydrogens is 378 g/mol. The number of hydrogen-bond donors (Lipinski definition) is 1. The van der Waals surface area contributed by atoms with Gasteiger partial charge < -0.3 is 15.0 Å². The van der Waals surface area contributed by atoms with E-state index in [1.807, 2.05) is 6.07 Å². The summed E-state index contributed by atoms with van der Waals surface area (Å²) < 4.78 is 5.28. The van der Waals surface area contributed by atoms with E-state index >= 15 is 0 Å². The second-order valence-corrected chi connectivity index (χ2v) is 6.11. The zero-order valence-electron chi connectivity index (χ0n) is 13.0. The Kier molecular flexibility index (Phi) is 5.93. The summed E-state index contributed by atoms with van der Waals surface area (Å²) in [6.45, 7) is 0.246. The van der Waals surface area contributed by atoms with Crippen LogP contribution in [0.2, 0.25) is 0 Å². The maximum absolute atomic E-state index is 12.2. The Morgan fingerprint density at radius 2 is 2.21 bits per heavy atom.